The molecule has 0 fully saturated rings. The molecule has 0 aliphatic heterocycles. The van der Waals surface area contributed by atoms with Crippen LogP contribution in [-0.4, -0.2) is 9.13 Å². The lowest BCUT2D eigenvalue weighted by Crippen LogP contribution is -2.11. The van der Waals surface area contributed by atoms with Gasteiger partial charge in [-0.05, 0) is 103 Å². The van der Waals surface area contributed by atoms with Gasteiger partial charge in [-0.3, -0.25) is 0 Å². The highest BCUT2D eigenvalue weighted by atomic mass is 19.4. The van der Waals surface area contributed by atoms with Crippen molar-refractivity contribution in [3.8, 4) is 46.8 Å². The van der Waals surface area contributed by atoms with E-state index in [2.05, 4.69) is 24.3 Å². The average molecular weight is 721 g/mol. The first kappa shape index (κ1) is 33.6. The molecular weight excluding hydrogens is 702 g/mol. The molecule has 12 heteroatoms. The lowest BCUT2D eigenvalue weighted by atomic mass is 9.96. The Morgan fingerprint density at radius 3 is 1.07 bits per heavy atom. The third kappa shape index (κ3) is 5.25. The molecule has 2 aromatic heterocycles. The molecule has 0 aliphatic rings. The highest BCUT2D eigenvalue weighted by Gasteiger charge is 2.35. The monoisotopic (exact) mass is 720 g/mol. The number of benzene rings is 6. The zero-order chi connectivity index (χ0) is 38.1. The Morgan fingerprint density at radius 2 is 0.759 bits per heavy atom. The van der Waals surface area contributed by atoms with Crippen LogP contribution in [0, 0.1) is 45.3 Å². The van der Waals surface area contributed by atoms with Gasteiger partial charge >= 0.3 is 12.4 Å². The van der Waals surface area contributed by atoms with Crippen molar-refractivity contribution in [2.45, 2.75) is 12.4 Å². The molecule has 6 nitrogen and oxygen atoms in total. The molecule has 8 rings (SSSR count). The van der Waals surface area contributed by atoms with Gasteiger partial charge in [-0.1, -0.05) is 12.1 Å². The Morgan fingerprint density at radius 1 is 0.407 bits per heavy atom. The highest BCUT2D eigenvalue weighted by Crippen LogP contribution is 2.46. The number of hydrogen-bond acceptors (Lipinski definition) is 4. The van der Waals surface area contributed by atoms with E-state index in [9.17, 15) is 34.2 Å². The van der Waals surface area contributed by atoms with Crippen molar-refractivity contribution < 1.29 is 26.3 Å². The Labute approximate surface area is 301 Å². The number of aromatic nitrogens is 2. The average Bonchev–Trinajstić information content (AvgIpc) is 3.67. The SMILES string of the molecule is N#Cc1ccc2c(c1)c1cc(C#N)ccc1n2-c1cc(C(F)(F)F)cc(-n2c3ccc(C#N)cc3c3cc(C#N)ccc32)c1-c1cccc(C(F)(F)F)c1. The predicted molar refractivity (Wildman–Crippen MR) is 189 cm³/mol. The van der Waals surface area contributed by atoms with Crippen LogP contribution in [0.1, 0.15) is 33.4 Å². The first-order valence-corrected chi connectivity index (χ1v) is 16.0. The molecule has 0 amide bonds. The van der Waals surface area contributed by atoms with Gasteiger partial charge in [-0.25, -0.2) is 0 Å². The van der Waals surface area contributed by atoms with Gasteiger partial charge < -0.3 is 9.13 Å². The molecule has 0 spiro atoms. The largest absolute Gasteiger partial charge is 0.416 e. The quantitative estimate of drug-likeness (QED) is 0.169. The Hall–Kier alpha value is -7.54. The van der Waals surface area contributed by atoms with Crippen LogP contribution in [-0.2, 0) is 12.4 Å². The van der Waals surface area contributed by atoms with E-state index >= 15 is 13.2 Å². The summed E-state index contributed by atoms with van der Waals surface area (Å²) in [6.07, 6.45) is -9.75. The van der Waals surface area contributed by atoms with Crippen molar-refractivity contribution in [3.05, 3.63) is 143 Å². The fourth-order valence-corrected chi connectivity index (χ4v) is 7.12. The summed E-state index contributed by atoms with van der Waals surface area (Å²) in [6.45, 7) is 0. The normalized spacial score (nSPS) is 11.8. The molecule has 2 heterocycles. The molecule has 0 saturated carbocycles. The second kappa shape index (κ2) is 12.0. The van der Waals surface area contributed by atoms with Crippen LogP contribution in [0.15, 0.2) is 109 Å². The topological polar surface area (TPSA) is 105 Å². The minimum atomic E-state index is -4.95. The number of halogens is 6. The molecule has 0 atom stereocenters. The molecule has 6 aromatic carbocycles. The second-order valence-corrected chi connectivity index (χ2v) is 12.5. The fourth-order valence-electron chi connectivity index (χ4n) is 7.12. The van der Waals surface area contributed by atoms with Crippen molar-refractivity contribution in [2.75, 3.05) is 0 Å². The number of rotatable bonds is 3. The third-order valence-electron chi connectivity index (χ3n) is 9.43. The maximum atomic E-state index is 15.1. The van der Waals surface area contributed by atoms with E-state index in [1.165, 1.54) is 45.5 Å². The minimum Gasteiger partial charge on any atom is -0.309 e. The zero-order valence-corrected chi connectivity index (χ0v) is 27.3. The van der Waals surface area contributed by atoms with Gasteiger partial charge in [0.15, 0.2) is 0 Å². The summed E-state index contributed by atoms with van der Waals surface area (Å²) >= 11 is 0. The van der Waals surface area contributed by atoms with Crippen LogP contribution in [0.25, 0.3) is 66.1 Å². The van der Waals surface area contributed by atoms with Crippen LogP contribution >= 0.6 is 0 Å². The van der Waals surface area contributed by atoms with Crippen molar-refractivity contribution in [2.24, 2.45) is 0 Å². The van der Waals surface area contributed by atoms with E-state index in [0.717, 1.165) is 24.3 Å². The van der Waals surface area contributed by atoms with Gasteiger partial charge in [0.05, 0.1) is 91.1 Å². The maximum Gasteiger partial charge on any atom is 0.416 e. The molecule has 258 valence electrons. The van der Waals surface area contributed by atoms with Crippen LogP contribution in [0.5, 0.6) is 0 Å². The Balaban J connectivity index is 1.63. The van der Waals surface area contributed by atoms with E-state index in [-0.39, 0.29) is 44.8 Å². The van der Waals surface area contributed by atoms with E-state index in [0.29, 0.717) is 43.6 Å². The number of fused-ring (bicyclic) bond motifs is 6. The third-order valence-corrected chi connectivity index (χ3v) is 9.43. The number of alkyl halides is 6. The van der Waals surface area contributed by atoms with Crippen molar-refractivity contribution in [1.82, 2.24) is 9.13 Å². The summed E-state index contributed by atoms with van der Waals surface area (Å²) in [7, 11) is 0. The van der Waals surface area contributed by atoms with E-state index in [4.69, 9.17) is 0 Å². The van der Waals surface area contributed by atoms with Crippen molar-refractivity contribution in [3.63, 3.8) is 0 Å². The van der Waals surface area contributed by atoms with Gasteiger partial charge in [-0.15, -0.1) is 0 Å². The molecule has 0 aliphatic carbocycles. The summed E-state index contributed by atoms with van der Waals surface area (Å²) in [5, 5.41) is 40.6. The van der Waals surface area contributed by atoms with Crippen molar-refractivity contribution >= 4 is 43.6 Å². The molecule has 54 heavy (non-hydrogen) atoms. The molecule has 8 aromatic rings. The summed E-state index contributed by atoms with van der Waals surface area (Å²) in [5.41, 5.74) is -0.187. The number of nitriles is 4. The predicted octanol–water partition coefficient (Wildman–Crippen LogP) is 11.1. The molecule has 0 saturated heterocycles. The highest BCUT2D eigenvalue weighted by molar-refractivity contribution is 6.12. The van der Waals surface area contributed by atoms with Gasteiger partial charge in [0.25, 0.3) is 0 Å². The van der Waals surface area contributed by atoms with Crippen LogP contribution in [0.3, 0.4) is 0 Å². The minimum absolute atomic E-state index is 0.00543. The standard InChI is InChI=1S/C42H18F6N6/c43-41(44,45)28-3-1-2-27(16-28)40-38(53-34-8-4-23(19-49)12-30(34)31-13-24(20-50)5-9-35(31)53)17-29(42(46,47)48)18-39(40)54-36-10-6-25(21-51)14-32(36)33-15-26(22-52)7-11-37(33)54/h1-18H. The van der Waals surface area contributed by atoms with Gasteiger partial charge in [0.1, 0.15) is 0 Å². The second-order valence-electron chi connectivity index (χ2n) is 12.5. The maximum absolute atomic E-state index is 15.1. The van der Waals surface area contributed by atoms with Crippen LogP contribution in [0.4, 0.5) is 26.3 Å². The first-order valence-electron chi connectivity index (χ1n) is 16.0. The lowest BCUT2D eigenvalue weighted by molar-refractivity contribution is -0.138. The van der Waals surface area contributed by atoms with E-state index in [1.54, 1.807) is 48.5 Å². The Kier molecular flexibility index (Phi) is 7.48. The number of hydrogen-bond donors (Lipinski definition) is 0. The Bertz CT molecular complexity index is 2770. The van der Waals surface area contributed by atoms with Crippen LogP contribution < -0.4 is 0 Å². The molecular formula is C42H18F6N6. The first-order chi connectivity index (χ1) is 25.8. The van der Waals surface area contributed by atoms with Gasteiger partial charge in [-0.2, -0.15) is 47.4 Å². The smallest absolute Gasteiger partial charge is 0.309 e. The van der Waals surface area contributed by atoms with E-state index in [1.807, 2.05) is 0 Å². The van der Waals surface area contributed by atoms with Gasteiger partial charge in [0.2, 0.25) is 0 Å². The summed E-state index contributed by atoms with van der Waals surface area (Å²) in [5.74, 6) is 0. The van der Waals surface area contributed by atoms with Gasteiger partial charge in [0, 0.05) is 27.1 Å². The fraction of sp³-hybridized carbons (Fsp3) is 0.0476. The zero-order valence-electron chi connectivity index (χ0n) is 27.3. The summed E-state index contributed by atoms with van der Waals surface area (Å²) in [4.78, 5) is 0. The molecule has 0 radical (unpaired) electrons. The molecule has 0 bridgehead atoms. The van der Waals surface area contributed by atoms with Crippen molar-refractivity contribution in [1.29, 1.82) is 21.0 Å². The number of nitrogens with zero attached hydrogens (tertiary/aromatic N) is 6. The summed E-state index contributed by atoms with van der Waals surface area (Å²) in [6, 6.07) is 32.5. The molecule has 0 unspecified atom stereocenters. The summed E-state index contributed by atoms with van der Waals surface area (Å²) < 4.78 is 91.3. The van der Waals surface area contributed by atoms with Crippen LogP contribution in [0.2, 0.25) is 0 Å². The molecule has 0 N–H and O–H groups in total. The lowest BCUT2D eigenvalue weighted by Gasteiger charge is -2.23. The van der Waals surface area contributed by atoms with E-state index < -0.39 is 23.5 Å².